The molecule has 8 heteroatoms. The summed E-state index contributed by atoms with van der Waals surface area (Å²) >= 11 is 0. The Hall–Kier alpha value is -2.25. The smallest absolute Gasteiger partial charge is 0.388 e. The van der Waals surface area contributed by atoms with Crippen LogP contribution in [0.4, 0.5) is 23.7 Å². The summed E-state index contributed by atoms with van der Waals surface area (Å²) < 4.78 is 37.3. The number of hydrogen-bond acceptors (Lipinski definition) is 2. The fourth-order valence-electron chi connectivity index (χ4n) is 1.26. The van der Waals surface area contributed by atoms with Gasteiger partial charge in [0.1, 0.15) is 0 Å². The lowest BCUT2D eigenvalue weighted by Crippen LogP contribution is -2.31. The summed E-state index contributed by atoms with van der Waals surface area (Å²) in [5.41, 5.74) is 4.28. The van der Waals surface area contributed by atoms with E-state index in [-0.39, 0.29) is 24.5 Å². The molecule has 0 aliphatic heterocycles. The van der Waals surface area contributed by atoms with Crippen LogP contribution < -0.4 is 16.4 Å². The molecule has 2 amide bonds. The highest BCUT2D eigenvalue weighted by Crippen LogP contribution is 2.30. The maximum absolute atomic E-state index is 12.4. The van der Waals surface area contributed by atoms with Gasteiger partial charge in [-0.15, -0.1) is 0 Å². The van der Waals surface area contributed by atoms with Crippen molar-refractivity contribution < 1.29 is 18.0 Å². The van der Waals surface area contributed by atoms with E-state index in [0.717, 1.165) is 12.1 Å². The Morgan fingerprint density at radius 3 is 2.63 bits per heavy atom. The van der Waals surface area contributed by atoms with Crippen LogP contribution in [-0.2, 0) is 6.18 Å². The zero-order valence-corrected chi connectivity index (χ0v) is 9.84. The zero-order chi connectivity index (χ0) is 14.5. The quantitative estimate of drug-likeness (QED) is 0.500. The van der Waals surface area contributed by atoms with E-state index in [1.54, 1.807) is 0 Å². The lowest BCUT2D eigenvalue weighted by atomic mass is 10.2. The first-order valence-corrected chi connectivity index (χ1v) is 5.34. The Balaban J connectivity index is 2.57. The third kappa shape index (κ3) is 5.28. The van der Waals surface area contributed by atoms with E-state index >= 15 is 0 Å². The summed E-state index contributed by atoms with van der Waals surface area (Å²) in [5.74, 6) is -0.0839. The maximum Gasteiger partial charge on any atom is 0.416 e. The van der Waals surface area contributed by atoms with Crippen molar-refractivity contribution in [2.75, 3.05) is 11.9 Å². The first-order chi connectivity index (χ1) is 8.79. The van der Waals surface area contributed by atoms with Crippen molar-refractivity contribution in [1.29, 1.82) is 5.41 Å². The molecular formula is C11H13F3N4O. The number of carbonyl (C=O) groups excluding carboxylic acids is 1. The molecule has 0 unspecified atom stereocenters. The summed E-state index contributed by atoms with van der Waals surface area (Å²) in [7, 11) is 0. The molecule has 0 spiro atoms. The minimum absolute atomic E-state index is 0.0372. The van der Waals surface area contributed by atoms with Crippen molar-refractivity contribution in [3.63, 3.8) is 0 Å². The number of urea groups is 1. The van der Waals surface area contributed by atoms with Crippen LogP contribution in [0.2, 0.25) is 0 Å². The monoisotopic (exact) mass is 274 g/mol. The van der Waals surface area contributed by atoms with Gasteiger partial charge in [-0.2, -0.15) is 13.2 Å². The molecule has 0 radical (unpaired) electrons. The first-order valence-electron chi connectivity index (χ1n) is 5.34. The third-order valence-electron chi connectivity index (χ3n) is 2.13. The Kier molecular flexibility index (Phi) is 4.74. The van der Waals surface area contributed by atoms with E-state index in [0.29, 0.717) is 0 Å². The lowest BCUT2D eigenvalue weighted by Gasteiger charge is -2.10. The van der Waals surface area contributed by atoms with Gasteiger partial charge in [0.25, 0.3) is 0 Å². The maximum atomic E-state index is 12.4. The van der Waals surface area contributed by atoms with Gasteiger partial charge in [-0.05, 0) is 18.2 Å². The highest BCUT2D eigenvalue weighted by atomic mass is 19.4. The minimum Gasteiger partial charge on any atom is -0.388 e. The van der Waals surface area contributed by atoms with Crippen LogP contribution >= 0.6 is 0 Å². The fourth-order valence-corrected chi connectivity index (χ4v) is 1.26. The van der Waals surface area contributed by atoms with Crippen LogP contribution in [0, 0.1) is 5.41 Å². The standard InChI is InChI=1S/C11H13F3N4O/c12-11(13,14)7-2-1-3-8(6-7)18-10(19)17-5-4-9(15)16/h1-3,6H,4-5H2,(H3,15,16)(H2,17,18,19). The molecular weight excluding hydrogens is 261 g/mol. The van der Waals surface area contributed by atoms with E-state index in [1.807, 2.05) is 0 Å². The van der Waals surface area contributed by atoms with Crippen LogP contribution in [0.1, 0.15) is 12.0 Å². The number of benzene rings is 1. The van der Waals surface area contributed by atoms with E-state index in [4.69, 9.17) is 11.1 Å². The zero-order valence-electron chi connectivity index (χ0n) is 9.84. The van der Waals surface area contributed by atoms with Crippen molar-refractivity contribution in [3.05, 3.63) is 29.8 Å². The normalized spacial score (nSPS) is 10.9. The number of alkyl halides is 3. The lowest BCUT2D eigenvalue weighted by molar-refractivity contribution is -0.137. The largest absolute Gasteiger partial charge is 0.416 e. The molecule has 0 heterocycles. The second-order valence-corrected chi connectivity index (χ2v) is 3.73. The molecule has 0 saturated heterocycles. The molecule has 0 aliphatic rings. The molecule has 0 aromatic heterocycles. The van der Waals surface area contributed by atoms with Gasteiger partial charge in [0.15, 0.2) is 0 Å². The Morgan fingerprint density at radius 2 is 2.05 bits per heavy atom. The van der Waals surface area contributed by atoms with E-state index in [9.17, 15) is 18.0 Å². The molecule has 0 saturated carbocycles. The predicted molar refractivity (Wildman–Crippen MR) is 65.0 cm³/mol. The van der Waals surface area contributed by atoms with E-state index in [1.165, 1.54) is 12.1 Å². The van der Waals surface area contributed by atoms with Gasteiger partial charge in [-0.3, -0.25) is 5.41 Å². The number of halogens is 3. The number of amides is 2. The average molecular weight is 274 g/mol. The van der Waals surface area contributed by atoms with Crippen LogP contribution in [-0.4, -0.2) is 18.4 Å². The summed E-state index contributed by atoms with van der Waals surface area (Å²) in [4.78, 5) is 11.3. The number of nitrogens with one attached hydrogen (secondary N) is 3. The van der Waals surface area contributed by atoms with Gasteiger partial charge in [-0.25, -0.2) is 4.79 Å². The molecule has 104 valence electrons. The second kappa shape index (κ2) is 6.07. The molecule has 0 fully saturated rings. The summed E-state index contributed by atoms with van der Waals surface area (Å²) in [6.07, 6.45) is -4.28. The van der Waals surface area contributed by atoms with Crippen LogP contribution in [0.15, 0.2) is 24.3 Å². The number of amidine groups is 1. The van der Waals surface area contributed by atoms with Gasteiger partial charge >= 0.3 is 12.2 Å². The summed E-state index contributed by atoms with van der Waals surface area (Å²) in [6, 6.07) is 3.65. The molecule has 1 rings (SSSR count). The molecule has 1 aromatic rings. The summed E-state index contributed by atoms with van der Waals surface area (Å²) in [5, 5.41) is 11.6. The van der Waals surface area contributed by atoms with Gasteiger partial charge in [0.2, 0.25) is 0 Å². The Morgan fingerprint density at radius 1 is 1.37 bits per heavy atom. The van der Waals surface area contributed by atoms with Gasteiger partial charge in [-0.1, -0.05) is 6.07 Å². The number of hydrogen-bond donors (Lipinski definition) is 4. The molecule has 5 nitrogen and oxygen atoms in total. The number of anilines is 1. The molecule has 0 aliphatic carbocycles. The first kappa shape index (κ1) is 14.8. The van der Waals surface area contributed by atoms with Crippen molar-refractivity contribution in [2.45, 2.75) is 12.6 Å². The molecule has 0 bridgehead atoms. The van der Waals surface area contributed by atoms with E-state index in [2.05, 4.69) is 10.6 Å². The molecule has 0 atom stereocenters. The Bertz CT molecular complexity index is 473. The number of rotatable bonds is 4. The highest BCUT2D eigenvalue weighted by molar-refractivity contribution is 5.89. The predicted octanol–water partition coefficient (Wildman–Crippen LogP) is 2.15. The molecule has 5 N–H and O–H groups in total. The van der Waals surface area contributed by atoms with Gasteiger partial charge < -0.3 is 16.4 Å². The minimum atomic E-state index is -4.46. The summed E-state index contributed by atoms with van der Waals surface area (Å²) in [6.45, 7) is 0.139. The fraction of sp³-hybridized carbons (Fsp3) is 0.273. The average Bonchev–Trinajstić information content (AvgIpc) is 2.27. The van der Waals surface area contributed by atoms with E-state index < -0.39 is 17.8 Å². The van der Waals surface area contributed by atoms with Crippen LogP contribution in [0.3, 0.4) is 0 Å². The highest BCUT2D eigenvalue weighted by Gasteiger charge is 2.30. The van der Waals surface area contributed by atoms with Crippen molar-refractivity contribution in [1.82, 2.24) is 5.32 Å². The second-order valence-electron chi connectivity index (χ2n) is 3.73. The van der Waals surface area contributed by atoms with Gasteiger partial charge in [0.05, 0.1) is 11.4 Å². The van der Waals surface area contributed by atoms with Crippen molar-refractivity contribution in [2.24, 2.45) is 5.73 Å². The number of nitrogens with two attached hydrogens (primary N) is 1. The van der Waals surface area contributed by atoms with Gasteiger partial charge in [0, 0.05) is 18.7 Å². The van der Waals surface area contributed by atoms with Crippen molar-refractivity contribution in [3.8, 4) is 0 Å². The molecule has 1 aromatic carbocycles. The van der Waals surface area contributed by atoms with Crippen LogP contribution in [0.25, 0.3) is 0 Å². The SMILES string of the molecule is N=C(N)CCNC(=O)Nc1cccc(C(F)(F)F)c1. The molecule has 19 heavy (non-hydrogen) atoms. The number of carbonyl (C=O) groups is 1. The Labute approximate surface area is 107 Å². The van der Waals surface area contributed by atoms with Crippen LogP contribution in [0.5, 0.6) is 0 Å². The topological polar surface area (TPSA) is 91.0 Å². The third-order valence-corrected chi connectivity index (χ3v) is 2.13. The van der Waals surface area contributed by atoms with Crippen molar-refractivity contribution >= 4 is 17.6 Å².